The molecule has 16 heteroatoms. The summed E-state index contributed by atoms with van der Waals surface area (Å²) in [5.74, 6) is -0.621. The lowest BCUT2D eigenvalue weighted by Crippen LogP contribution is -2.55. The zero-order valence-electron chi connectivity index (χ0n) is 46.7. The van der Waals surface area contributed by atoms with Gasteiger partial charge in [-0.2, -0.15) is 0 Å². The smallest absolute Gasteiger partial charge is 0.271 e. The van der Waals surface area contributed by atoms with Crippen LogP contribution in [0.15, 0.2) is 113 Å². The molecule has 2 aliphatic rings. The zero-order valence-corrected chi connectivity index (χ0v) is 47.5. The van der Waals surface area contributed by atoms with Crippen LogP contribution in [0.1, 0.15) is 140 Å². The van der Waals surface area contributed by atoms with Gasteiger partial charge in [-0.1, -0.05) is 104 Å². The second-order valence-corrected chi connectivity index (χ2v) is 22.3. The molecule has 0 aliphatic carbocycles. The number of aromatic amines is 1. The Bertz CT molecular complexity index is 2760. The number of nitrogens with zero attached hydrogens (tertiary/aromatic N) is 4. The van der Waals surface area contributed by atoms with Gasteiger partial charge in [0.1, 0.15) is 35.3 Å². The molecule has 0 bridgehead atoms. The van der Waals surface area contributed by atoms with Crippen LogP contribution in [0.4, 0.5) is 10.1 Å². The van der Waals surface area contributed by atoms with Crippen LogP contribution < -0.4 is 21.1 Å². The number of aldehydes is 1. The van der Waals surface area contributed by atoms with Crippen molar-refractivity contribution in [3.63, 3.8) is 0 Å². The minimum absolute atomic E-state index is 0.00656. The number of aliphatic imine (C=N–C) groups is 1. The van der Waals surface area contributed by atoms with Gasteiger partial charge in [0, 0.05) is 66.6 Å². The molecule has 3 aromatic carbocycles. The summed E-state index contributed by atoms with van der Waals surface area (Å²) in [6, 6.07) is 25.0. The fourth-order valence-electron chi connectivity index (χ4n) is 9.17. The SMILES string of the molecule is CC1CCCN1C(=O)C(NC(=O)CCCCCCOc1cccc(NC(=O)/C(N)=C2\CN(C(=O)c3ccc[nH]3)CC(C)(C)C2=NCc2ccc(F)cc2)c1)C(C)(C)C.CCCC=O.CCc1ccc(-c2scnc2C)cc1. The number of anilines is 1. The number of aromatic nitrogens is 2. The van der Waals surface area contributed by atoms with E-state index in [0.29, 0.717) is 60.8 Å². The molecule has 2 saturated heterocycles. The van der Waals surface area contributed by atoms with Gasteiger partial charge in [-0.15, -0.1) is 11.3 Å². The lowest BCUT2D eigenvalue weighted by molar-refractivity contribution is -0.140. The molecule has 5 aromatic rings. The Morgan fingerprint density at radius 3 is 2.30 bits per heavy atom. The summed E-state index contributed by atoms with van der Waals surface area (Å²) in [4.78, 5) is 79.7. The number of carbonyl (C=O) groups is 5. The molecule has 4 amide bonds. The van der Waals surface area contributed by atoms with Crippen LogP contribution in [0.5, 0.6) is 5.75 Å². The number of thiazole rings is 1. The van der Waals surface area contributed by atoms with Crippen molar-refractivity contribution < 1.29 is 33.1 Å². The van der Waals surface area contributed by atoms with E-state index in [-0.39, 0.29) is 53.8 Å². The third-order valence-corrected chi connectivity index (χ3v) is 14.5. The quantitative estimate of drug-likeness (QED) is 0.0356. The van der Waals surface area contributed by atoms with Gasteiger partial charge in [-0.05, 0) is 111 Å². The van der Waals surface area contributed by atoms with Gasteiger partial charge in [-0.3, -0.25) is 24.2 Å². The van der Waals surface area contributed by atoms with Crippen LogP contribution in [0.3, 0.4) is 0 Å². The first-order valence-corrected chi connectivity index (χ1v) is 27.9. The average molecular weight is 1070 g/mol. The van der Waals surface area contributed by atoms with Gasteiger partial charge in [-0.25, -0.2) is 9.37 Å². The Morgan fingerprint density at radius 1 is 0.987 bits per heavy atom. The van der Waals surface area contributed by atoms with E-state index in [4.69, 9.17) is 15.5 Å². The molecule has 2 fully saturated rings. The first kappa shape index (κ1) is 60.9. The average Bonchev–Trinajstić information content (AvgIpc) is 4.22. The number of unbranched alkanes of at least 4 members (excludes halogenated alkanes) is 4. The summed E-state index contributed by atoms with van der Waals surface area (Å²) in [7, 11) is 0. The van der Waals surface area contributed by atoms with Gasteiger partial charge < -0.3 is 40.7 Å². The number of H-pyrrole nitrogens is 1. The van der Waals surface area contributed by atoms with Gasteiger partial charge >= 0.3 is 0 Å². The number of hydrogen-bond acceptors (Lipinski definition) is 10. The van der Waals surface area contributed by atoms with Crippen molar-refractivity contribution in [1.29, 1.82) is 0 Å². The van der Waals surface area contributed by atoms with E-state index in [1.165, 1.54) is 28.1 Å². The molecule has 5 N–H and O–H groups in total. The Morgan fingerprint density at radius 2 is 1.70 bits per heavy atom. The highest BCUT2D eigenvalue weighted by Gasteiger charge is 2.41. The van der Waals surface area contributed by atoms with Crippen molar-refractivity contribution in [3.05, 3.63) is 136 Å². The highest BCUT2D eigenvalue weighted by atomic mass is 32.1. The number of likely N-dealkylation sites (tertiary alicyclic amines) is 2. The van der Waals surface area contributed by atoms with Gasteiger partial charge in [0.15, 0.2) is 0 Å². The molecule has 2 aliphatic heterocycles. The number of halogens is 1. The topological polar surface area (TPSA) is 192 Å². The molecule has 4 heterocycles. The summed E-state index contributed by atoms with van der Waals surface area (Å²) in [5, 5.41) is 5.91. The number of benzene rings is 3. The fraction of sp³-hybridized carbons (Fsp3) is 0.459. The van der Waals surface area contributed by atoms with Crippen molar-refractivity contribution in [2.45, 2.75) is 145 Å². The predicted molar refractivity (Wildman–Crippen MR) is 307 cm³/mol. The number of ether oxygens (including phenoxy) is 1. The largest absolute Gasteiger partial charge is 0.494 e. The standard InChI is InChI=1S/C45H60FN7O5.C12H13NS.C4H8O/c1-30-14-13-24-53(30)43(57)40(44(2,3)4)51-37(54)18-9-7-8-10-25-58-34-16-11-15-33(26-34)50-41(55)38(47)35-28-52(42(56)36-17-12-23-48-36)29-45(5,6)39(35)49-27-31-19-21-32(46)22-20-31;1-3-10-4-6-11(7-5-10)12-9(2)13-8-14-12;1-2-3-4-5/h11-12,15-17,19-23,26,30,40,48H,7-10,13-14,18,24-25,27-29,47H2,1-6H3,(H,50,55)(H,51,54);4-8H,3H2,1-2H3;4H,2-3H2,1H3/b38-35-,49-39?;;. The van der Waals surface area contributed by atoms with Crippen molar-refractivity contribution >= 4 is 52.7 Å². The molecular weight excluding hydrogens is 992 g/mol. The number of nitrogens with one attached hydrogen (secondary N) is 3. The van der Waals surface area contributed by atoms with E-state index < -0.39 is 17.4 Å². The Kier molecular flexibility index (Phi) is 23.4. The lowest BCUT2D eigenvalue weighted by atomic mass is 9.78. The van der Waals surface area contributed by atoms with E-state index in [1.54, 1.807) is 64.9 Å². The van der Waals surface area contributed by atoms with Crippen molar-refractivity contribution in [3.8, 4) is 16.2 Å². The minimum atomic E-state index is -0.664. The Balaban J connectivity index is 0.000000480. The van der Waals surface area contributed by atoms with Crippen molar-refractivity contribution in [1.82, 2.24) is 25.1 Å². The molecule has 0 spiro atoms. The summed E-state index contributed by atoms with van der Waals surface area (Å²) in [6.07, 6.45) is 10.9. The summed E-state index contributed by atoms with van der Waals surface area (Å²) >= 11 is 1.70. The highest BCUT2D eigenvalue weighted by molar-refractivity contribution is 7.13. The molecule has 0 radical (unpaired) electrons. The second-order valence-electron chi connectivity index (χ2n) is 21.5. The number of aryl methyl sites for hydroxylation is 2. The number of nitrogens with two attached hydrogens (primary N) is 1. The van der Waals surface area contributed by atoms with Gasteiger partial charge in [0.25, 0.3) is 11.8 Å². The van der Waals surface area contributed by atoms with Crippen LogP contribution >= 0.6 is 11.3 Å². The maximum absolute atomic E-state index is 13.7. The maximum atomic E-state index is 13.7. The summed E-state index contributed by atoms with van der Waals surface area (Å²) < 4.78 is 19.6. The third kappa shape index (κ3) is 18.4. The van der Waals surface area contributed by atoms with E-state index in [9.17, 15) is 28.4 Å². The molecule has 2 unspecified atom stereocenters. The van der Waals surface area contributed by atoms with Crippen LogP contribution in [0, 0.1) is 23.6 Å². The first-order valence-electron chi connectivity index (χ1n) is 27.0. The molecular formula is C61H81FN8O6S. The number of piperidine rings is 1. The molecule has 2 aromatic heterocycles. The van der Waals surface area contributed by atoms with Gasteiger partial charge in [0.2, 0.25) is 11.8 Å². The first-order chi connectivity index (χ1) is 36.8. The molecule has 2 atom stereocenters. The summed E-state index contributed by atoms with van der Waals surface area (Å²) in [6.45, 7) is 20.0. The monoisotopic (exact) mass is 1070 g/mol. The number of rotatable bonds is 19. The number of hydrogen-bond donors (Lipinski definition) is 4. The molecule has 7 rings (SSSR count). The maximum Gasteiger partial charge on any atom is 0.271 e. The zero-order chi connectivity index (χ0) is 56.1. The predicted octanol–water partition coefficient (Wildman–Crippen LogP) is 11.7. The Hall–Kier alpha value is -6.94. The van der Waals surface area contributed by atoms with E-state index >= 15 is 0 Å². The minimum Gasteiger partial charge on any atom is -0.494 e. The molecule has 14 nitrogen and oxygen atoms in total. The Labute approximate surface area is 459 Å². The normalized spacial score (nSPS) is 16.5. The van der Waals surface area contributed by atoms with Crippen LogP contribution in [0.25, 0.3) is 10.4 Å². The van der Waals surface area contributed by atoms with Crippen molar-refractivity contribution in [2.75, 3.05) is 31.6 Å². The fourth-order valence-corrected chi connectivity index (χ4v) is 9.98. The highest BCUT2D eigenvalue weighted by Crippen LogP contribution is 2.33. The van der Waals surface area contributed by atoms with Gasteiger partial charge in [0.05, 0.1) is 35.8 Å². The van der Waals surface area contributed by atoms with Crippen LogP contribution in [-0.2, 0) is 32.1 Å². The molecule has 77 heavy (non-hydrogen) atoms. The van der Waals surface area contributed by atoms with Crippen molar-refractivity contribution in [2.24, 2.45) is 21.6 Å². The van der Waals surface area contributed by atoms with E-state index in [2.05, 4.69) is 65.6 Å². The number of carbonyl (C=O) groups excluding carboxylic acids is 5. The van der Waals surface area contributed by atoms with E-state index in [1.807, 2.05) is 58.0 Å². The summed E-state index contributed by atoms with van der Waals surface area (Å²) in [5.41, 5.74) is 14.0. The lowest BCUT2D eigenvalue weighted by Gasteiger charge is -2.41. The van der Waals surface area contributed by atoms with Crippen LogP contribution in [0.2, 0.25) is 0 Å². The second kappa shape index (κ2) is 29.5. The van der Waals surface area contributed by atoms with E-state index in [0.717, 1.165) is 69.0 Å². The van der Waals surface area contributed by atoms with Crippen LogP contribution in [-0.4, -0.2) is 93.7 Å². The third-order valence-electron chi connectivity index (χ3n) is 13.6. The molecule has 0 saturated carbocycles. The number of amides is 4. The molecule has 414 valence electrons.